The Bertz CT molecular complexity index is 1250. The molecule has 6 nitrogen and oxygen atoms in total. The van der Waals surface area contributed by atoms with Gasteiger partial charge in [0.05, 0.1) is 0 Å². The highest BCUT2D eigenvalue weighted by Gasteiger charge is 2.19. The molecular weight excluding hydrogens is 853 g/mol. The molecule has 0 bridgehead atoms. The van der Waals surface area contributed by atoms with E-state index in [4.69, 9.17) is 14.2 Å². The van der Waals surface area contributed by atoms with Crippen LogP contribution >= 0.6 is 0 Å². The van der Waals surface area contributed by atoms with Crippen molar-refractivity contribution in [2.45, 2.75) is 309 Å². The molecule has 0 saturated heterocycles. The Hall–Kier alpha value is -2.89. The van der Waals surface area contributed by atoms with Gasteiger partial charge in [0.1, 0.15) is 13.2 Å². The van der Waals surface area contributed by atoms with Gasteiger partial charge in [-0.2, -0.15) is 0 Å². The van der Waals surface area contributed by atoms with Gasteiger partial charge in [0.15, 0.2) is 6.10 Å². The Balaban J connectivity index is 4.36. The highest BCUT2D eigenvalue weighted by Crippen LogP contribution is 2.16. The van der Waals surface area contributed by atoms with Crippen LogP contribution in [0.25, 0.3) is 0 Å². The molecule has 1 atom stereocenters. The lowest BCUT2D eigenvalue weighted by Gasteiger charge is -2.18. The minimum absolute atomic E-state index is 0.0767. The second-order valence-corrected chi connectivity index (χ2v) is 19.9. The molecule has 0 aliphatic carbocycles. The van der Waals surface area contributed by atoms with Crippen LogP contribution in [0.4, 0.5) is 0 Å². The average Bonchev–Trinajstić information content (AvgIpc) is 3.35. The lowest BCUT2D eigenvalue weighted by molar-refractivity contribution is -0.167. The standard InChI is InChI=1S/C63H112O6/c1-4-7-10-13-16-19-22-25-27-29-31-33-35-38-41-44-47-50-53-56-62(65)68-59-60(58-67-61(64)55-52-49-46-43-40-37-24-21-18-15-12-9-6-3)69-63(66)57-54-51-48-45-42-39-36-34-32-30-28-26-23-20-17-14-11-8-5-2/h7,10,16,19,25-28,31,33,60H,4-6,8-9,11-15,17-18,20-24,29-30,32,34-59H2,1-3H3/b10-7-,19-16-,27-25-,28-26-,33-31-. The van der Waals surface area contributed by atoms with E-state index in [1.165, 1.54) is 173 Å². The molecule has 0 rings (SSSR count). The van der Waals surface area contributed by atoms with Crippen molar-refractivity contribution < 1.29 is 28.6 Å². The van der Waals surface area contributed by atoms with Gasteiger partial charge in [-0.1, -0.05) is 261 Å². The lowest BCUT2D eigenvalue weighted by Crippen LogP contribution is -2.30. The van der Waals surface area contributed by atoms with Gasteiger partial charge in [0.2, 0.25) is 0 Å². The first kappa shape index (κ1) is 66.1. The second-order valence-electron chi connectivity index (χ2n) is 19.9. The second kappa shape index (κ2) is 57.7. The minimum Gasteiger partial charge on any atom is -0.462 e. The van der Waals surface area contributed by atoms with E-state index in [2.05, 4.69) is 81.5 Å². The van der Waals surface area contributed by atoms with Gasteiger partial charge in [0, 0.05) is 19.3 Å². The summed E-state index contributed by atoms with van der Waals surface area (Å²) in [6.45, 7) is 6.54. The van der Waals surface area contributed by atoms with Crippen LogP contribution in [-0.2, 0) is 28.6 Å². The maximum Gasteiger partial charge on any atom is 0.306 e. The van der Waals surface area contributed by atoms with Gasteiger partial charge in [-0.05, 0) is 83.5 Å². The zero-order chi connectivity index (χ0) is 50.0. The number of hydrogen-bond donors (Lipinski definition) is 0. The maximum atomic E-state index is 12.9. The summed E-state index contributed by atoms with van der Waals surface area (Å²) in [6, 6.07) is 0. The highest BCUT2D eigenvalue weighted by molar-refractivity contribution is 5.71. The molecule has 0 radical (unpaired) electrons. The fourth-order valence-electron chi connectivity index (χ4n) is 8.55. The third-order valence-electron chi connectivity index (χ3n) is 13.0. The van der Waals surface area contributed by atoms with Crippen LogP contribution in [0.15, 0.2) is 60.8 Å². The Morgan fingerprint density at radius 1 is 0.304 bits per heavy atom. The van der Waals surface area contributed by atoms with E-state index < -0.39 is 6.10 Å². The molecule has 0 aliphatic rings. The van der Waals surface area contributed by atoms with Crippen LogP contribution in [0.1, 0.15) is 303 Å². The van der Waals surface area contributed by atoms with Gasteiger partial charge in [-0.3, -0.25) is 14.4 Å². The van der Waals surface area contributed by atoms with Crippen molar-refractivity contribution in [3.05, 3.63) is 60.8 Å². The summed E-state index contributed by atoms with van der Waals surface area (Å²) in [7, 11) is 0. The van der Waals surface area contributed by atoms with E-state index in [1.807, 2.05) is 0 Å². The summed E-state index contributed by atoms with van der Waals surface area (Å²) < 4.78 is 16.9. The predicted molar refractivity (Wildman–Crippen MR) is 298 cm³/mol. The maximum absolute atomic E-state index is 12.9. The SMILES string of the molecule is CC/C=C\C/C=C\C/C=C\C/C=C\CCCCCCCCC(=O)OCC(COC(=O)CCCCCCCCCCCCCCC)OC(=O)CCCCCCCCCCC/C=C\CCCCCCCC. The van der Waals surface area contributed by atoms with Gasteiger partial charge in [0.25, 0.3) is 0 Å². The van der Waals surface area contributed by atoms with E-state index in [9.17, 15) is 14.4 Å². The summed E-state index contributed by atoms with van der Waals surface area (Å²) in [5.74, 6) is -0.879. The molecule has 1 unspecified atom stereocenters. The average molecular weight is 966 g/mol. The third kappa shape index (κ3) is 55.9. The molecule has 0 fully saturated rings. The molecule has 0 saturated carbocycles. The molecule has 0 aromatic carbocycles. The Labute approximate surface area is 428 Å². The van der Waals surface area contributed by atoms with E-state index >= 15 is 0 Å². The Kier molecular flexibility index (Phi) is 55.3. The number of allylic oxidation sites excluding steroid dienone is 10. The highest BCUT2D eigenvalue weighted by atomic mass is 16.6. The van der Waals surface area contributed by atoms with Crippen LogP contribution in [0.2, 0.25) is 0 Å². The molecular formula is C63H112O6. The van der Waals surface area contributed by atoms with Crippen molar-refractivity contribution in [3.8, 4) is 0 Å². The van der Waals surface area contributed by atoms with E-state index in [1.54, 1.807) is 0 Å². The van der Waals surface area contributed by atoms with Crippen LogP contribution in [-0.4, -0.2) is 37.2 Å². The van der Waals surface area contributed by atoms with Gasteiger partial charge in [-0.15, -0.1) is 0 Å². The van der Waals surface area contributed by atoms with E-state index in [0.717, 1.165) is 89.9 Å². The Morgan fingerprint density at radius 2 is 0.565 bits per heavy atom. The topological polar surface area (TPSA) is 78.9 Å². The summed E-state index contributed by atoms with van der Waals surface area (Å²) in [6.07, 6.45) is 72.1. The smallest absolute Gasteiger partial charge is 0.306 e. The first-order chi connectivity index (χ1) is 34.0. The van der Waals surface area contributed by atoms with Crippen LogP contribution < -0.4 is 0 Å². The molecule has 0 aliphatic heterocycles. The minimum atomic E-state index is -0.780. The van der Waals surface area contributed by atoms with Crippen LogP contribution in [0.3, 0.4) is 0 Å². The summed E-state index contributed by atoms with van der Waals surface area (Å²) in [5, 5.41) is 0. The molecule has 0 spiro atoms. The van der Waals surface area contributed by atoms with Crippen molar-refractivity contribution >= 4 is 17.9 Å². The van der Waals surface area contributed by atoms with E-state index in [-0.39, 0.29) is 31.1 Å². The quantitative estimate of drug-likeness (QED) is 0.0262. The molecule has 0 aromatic heterocycles. The molecule has 0 aromatic rings. The molecule has 0 amide bonds. The molecule has 400 valence electrons. The van der Waals surface area contributed by atoms with Crippen molar-refractivity contribution in [2.75, 3.05) is 13.2 Å². The fraction of sp³-hybridized carbons (Fsp3) is 0.794. The van der Waals surface area contributed by atoms with Crippen molar-refractivity contribution in [3.63, 3.8) is 0 Å². The number of carbonyl (C=O) groups excluding carboxylic acids is 3. The van der Waals surface area contributed by atoms with Gasteiger partial charge < -0.3 is 14.2 Å². The van der Waals surface area contributed by atoms with Gasteiger partial charge >= 0.3 is 17.9 Å². The summed E-state index contributed by atoms with van der Waals surface area (Å²) >= 11 is 0. The molecule has 69 heavy (non-hydrogen) atoms. The fourth-order valence-corrected chi connectivity index (χ4v) is 8.55. The normalized spacial score (nSPS) is 12.4. The number of carbonyl (C=O) groups is 3. The predicted octanol–water partition coefficient (Wildman–Crippen LogP) is 20.0. The zero-order valence-corrected chi connectivity index (χ0v) is 45.8. The number of rotatable bonds is 54. The zero-order valence-electron chi connectivity index (χ0n) is 45.8. The number of unbranched alkanes of at least 4 members (excludes halogenated alkanes) is 33. The monoisotopic (exact) mass is 965 g/mol. The Morgan fingerprint density at radius 3 is 0.899 bits per heavy atom. The first-order valence-electron chi connectivity index (χ1n) is 29.8. The summed E-state index contributed by atoms with van der Waals surface area (Å²) in [5.41, 5.74) is 0. The number of ether oxygens (including phenoxy) is 3. The van der Waals surface area contributed by atoms with Gasteiger partial charge in [-0.25, -0.2) is 0 Å². The summed E-state index contributed by atoms with van der Waals surface area (Å²) in [4.78, 5) is 38.2. The first-order valence-corrected chi connectivity index (χ1v) is 29.8. The molecule has 0 N–H and O–H groups in total. The molecule has 6 heteroatoms. The molecule has 0 heterocycles. The van der Waals surface area contributed by atoms with Crippen LogP contribution in [0.5, 0.6) is 0 Å². The van der Waals surface area contributed by atoms with Crippen molar-refractivity contribution in [1.82, 2.24) is 0 Å². The van der Waals surface area contributed by atoms with Crippen LogP contribution in [0, 0.1) is 0 Å². The lowest BCUT2D eigenvalue weighted by atomic mass is 10.0. The third-order valence-corrected chi connectivity index (χ3v) is 13.0. The number of hydrogen-bond acceptors (Lipinski definition) is 6. The largest absolute Gasteiger partial charge is 0.462 e. The van der Waals surface area contributed by atoms with E-state index in [0.29, 0.717) is 19.3 Å². The van der Waals surface area contributed by atoms with Crippen molar-refractivity contribution in [2.24, 2.45) is 0 Å². The van der Waals surface area contributed by atoms with Crippen molar-refractivity contribution in [1.29, 1.82) is 0 Å². The number of esters is 3.